The van der Waals surface area contributed by atoms with E-state index in [-0.39, 0.29) is 24.3 Å². The molecule has 1 fully saturated rings. The van der Waals surface area contributed by atoms with Gasteiger partial charge in [-0.1, -0.05) is 6.07 Å². The molecule has 2 rings (SSSR count). The minimum Gasteiger partial charge on any atom is -0.370 e. The largest absolute Gasteiger partial charge is 0.370 e. The average molecular weight is 323 g/mol. The molecule has 0 spiro atoms. The lowest BCUT2D eigenvalue weighted by molar-refractivity contribution is -0.137. The molecule has 1 aliphatic heterocycles. The highest BCUT2D eigenvalue weighted by atomic mass is 32.1. The molecule has 7 heteroatoms. The van der Waals surface area contributed by atoms with Crippen molar-refractivity contribution < 1.29 is 14.4 Å². The van der Waals surface area contributed by atoms with Crippen molar-refractivity contribution in [1.29, 1.82) is 0 Å². The van der Waals surface area contributed by atoms with Crippen molar-refractivity contribution >= 4 is 29.1 Å². The molecule has 0 aliphatic carbocycles. The predicted octanol–water partition coefficient (Wildman–Crippen LogP) is 1.12. The Labute approximate surface area is 133 Å². The van der Waals surface area contributed by atoms with Gasteiger partial charge < -0.3 is 16.0 Å². The highest BCUT2D eigenvalue weighted by molar-refractivity contribution is 7.12. The van der Waals surface area contributed by atoms with Gasteiger partial charge in [-0.25, -0.2) is 0 Å². The lowest BCUT2D eigenvalue weighted by Gasteiger charge is -2.36. The van der Waals surface area contributed by atoms with E-state index in [4.69, 9.17) is 5.73 Å². The highest BCUT2D eigenvalue weighted by Crippen LogP contribution is 2.20. The van der Waals surface area contributed by atoms with Gasteiger partial charge in [-0.2, -0.15) is 0 Å². The first-order valence-corrected chi connectivity index (χ1v) is 8.30. The third-order valence-corrected chi connectivity index (χ3v) is 4.68. The first-order valence-electron chi connectivity index (χ1n) is 7.42. The third kappa shape index (κ3) is 4.07. The number of thiophene rings is 1. The SMILES string of the molecule is C[C@@H](NC(=O)c1cccs1)C(=O)N1CCCC[C@H]1CC(N)=O. The van der Waals surface area contributed by atoms with Gasteiger partial charge in [0, 0.05) is 19.0 Å². The van der Waals surface area contributed by atoms with Crippen LogP contribution < -0.4 is 11.1 Å². The van der Waals surface area contributed by atoms with Crippen molar-refractivity contribution in [2.45, 2.75) is 44.7 Å². The molecule has 0 unspecified atom stereocenters. The summed E-state index contributed by atoms with van der Waals surface area (Å²) in [5.74, 6) is -0.810. The number of piperidine rings is 1. The fraction of sp³-hybridized carbons (Fsp3) is 0.533. The number of nitrogens with zero attached hydrogens (tertiary/aromatic N) is 1. The van der Waals surface area contributed by atoms with E-state index in [1.807, 2.05) is 5.38 Å². The quantitative estimate of drug-likeness (QED) is 0.850. The van der Waals surface area contributed by atoms with E-state index in [1.54, 1.807) is 24.0 Å². The topological polar surface area (TPSA) is 92.5 Å². The zero-order chi connectivity index (χ0) is 16.1. The molecule has 1 aromatic heterocycles. The zero-order valence-electron chi connectivity index (χ0n) is 12.6. The van der Waals surface area contributed by atoms with Crippen LogP contribution in [0.4, 0.5) is 0 Å². The average Bonchev–Trinajstić information content (AvgIpc) is 3.00. The molecule has 1 aromatic rings. The van der Waals surface area contributed by atoms with Crippen LogP contribution in [-0.2, 0) is 9.59 Å². The van der Waals surface area contributed by atoms with E-state index in [0.717, 1.165) is 19.3 Å². The molecule has 2 heterocycles. The summed E-state index contributed by atoms with van der Waals surface area (Å²) in [5, 5.41) is 4.53. The van der Waals surface area contributed by atoms with Crippen molar-refractivity contribution in [3.63, 3.8) is 0 Å². The van der Waals surface area contributed by atoms with E-state index in [1.165, 1.54) is 11.3 Å². The number of carbonyl (C=O) groups excluding carboxylic acids is 3. The smallest absolute Gasteiger partial charge is 0.261 e. The summed E-state index contributed by atoms with van der Waals surface area (Å²) in [4.78, 5) is 38.0. The predicted molar refractivity (Wildman–Crippen MR) is 84.4 cm³/mol. The molecule has 22 heavy (non-hydrogen) atoms. The van der Waals surface area contributed by atoms with Crippen molar-refractivity contribution in [3.05, 3.63) is 22.4 Å². The van der Waals surface area contributed by atoms with Crippen molar-refractivity contribution in [2.24, 2.45) is 5.73 Å². The minimum absolute atomic E-state index is 0.153. The Hall–Kier alpha value is -1.89. The van der Waals surface area contributed by atoms with E-state index < -0.39 is 11.9 Å². The molecule has 0 saturated carbocycles. The van der Waals surface area contributed by atoms with E-state index in [2.05, 4.69) is 5.32 Å². The van der Waals surface area contributed by atoms with Crippen LogP contribution in [-0.4, -0.2) is 41.2 Å². The lowest BCUT2D eigenvalue weighted by Crippen LogP contribution is -2.53. The van der Waals surface area contributed by atoms with Crippen molar-refractivity contribution in [2.75, 3.05) is 6.54 Å². The number of likely N-dealkylation sites (tertiary alicyclic amines) is 1. The second-order valence-electron chi connectivity index (χ2n) is 5.52. The molecular weight excluding hydrogens is 302 g/mol. The summed E-state index contributed by atoms with van der Waals surface area (Å²) in [5.41, 5.74) is 5.26. The number of nitrogens with one attached hydrogen (secondary N) is 1. The van der Waals surface area contributed by atoms with Gasteiger partial charge in [0.2, 0.25) is 11.8 Å². The van der Waals surface area contributed by atoms with Gasteiger partial charge >= 0.3 is 0 Å². The van der Waals surface area contributed by atoms with Crippen LogP contribution in [0.3, 0.4) is 0 Å². The first kappa shape index (κ1) is 16.5. The number of carbonyl (C=O) groups is 3. The second-order valence-corrected chi connectivity index (χ2v) is 6.47. The van der Waals surface area contributed by atoms with Gasteiger partial charge in [0.1, 0.15) is 6.04 Å². The van der Waals surface area contributed by atoms with Gasteiger partial charge in [-0.15, -0.1) is 11.3 Å². The lowest BCUT2D eigenvalue weighted by atomic mass is 9.98. The standard InChI is InChI=1S/C15H21N3O3S/c1-10(17-14(20)12-6-4-8-22-12)15(21)18-7-3-2-5-11(18)9-13(16)19/h4,6,8,10-11H,2-3,5,7,9H2,1H3,(H2,16,19)(H,17,20)/t10-,11+/m1/s1. The Bertz CT molecular complexity index is 544. The normalized spacial score (nSPS) is 19.5. The summed E-state index contributed by atoms with van der Waals surface area (Å²) in [6.45, 7) is 2.28. The Morgan fingerprint density at radius 1 is 1.45 bits per heavy atom. The van der Waals surface area contributed by atoms with Gasteiger partial charge in [0.15, 0.2) is 0 Å². The third-order valence-electron chi connectivity index (χ3n) is 3.81. The Balaban J connectivity index is 1.98. The summed E-state index contributed by atoms with van der Waals surface area (Å²) in [6.07, 6.45) is 2.85. The van der Waals surface area contributed by atoms with Gasteiger partial charge in [0.05, 0.1) is 4.88 Å². The Kier molecular flexibility index (Phi) is 5.54. The van der Waals surface area contributed by atoms with Crippen LogP contribution in [0.1, 0.15) is 42.3 Å². The number of amides is 3. The van der Waals surface area contributed by atoms with Crippen LogP contribution >= 0.6 is 11.3 Å². The van der Waals surface area contributed by atoms with E-state index in [9.17, 15) is 14.4 Å². The maximum atomic E-state index is 12.6. The molecule has 2 atom stereocenters. The van der Waals surface area contributed by atoms with E-state index >= 15 is 0 Å². The van der Waals surface area contributed by atoms with E-state index in [0.29, 0.717) is 11.4 Å². The highest BCUT2D eigenvalue weighted by Gasteiger charge is 2.31. The number of hydrogen-bond acceptors (Lipinski definition) is 4. The fourth-order valence-electron chi connectivity index (χ4n) is 2.72. The van der Waals surface area contributed by atoms with Crippen molar-refractivity contribution in [1.82, 2.24) is 10.2 Å². The van der Waals surface area contributed by atoms with Crippen LogP contribution in [0.25, 0.3) is 0 Å². The van der Waals surface area contributed by atoms with Crippen LogP contribution in [0.15, 0.2) is 17.5 Å². The summed E-state index contributed by atoms with van der Waals surface area (Å²) in [7, 11) is 0. The second kappa shape index (κ2) is 7.40. The molecule has 6 nitrogen and oxygen atoms in total. The summed E-state index contributed by atoms with van der Waals surface area (Å²) < 4.78 is 0. The molecule has 120 valence electrons. The molecule has 3 N–H and O–H groups in total. The number of primary amides is 1. The number of rotatable bonds is 5. The van der Waals surface area contributed by atoms with Crippen molar-refractivity contribution in [3.8, 4) is 0 Å². The van der Waals surface area contributed by atoms with Crippen LogP contribution in [0.5, 0.6) is 0 Å². The van der Waals surface area contributed by atoms with Gasteiger partial charge in [0.25, 0.3) is 5.91 Å². The molecule has 1 aliphatic rings. The Morgan fingerprint density at radius 2 is 2.23 bits per heavy atom. The first-order chi connectivity index (χ1) is 10.5. The Morgan fingerprint density at radius 3 is 2.86 bits per heavy atom. The summed E-state index contributed by atoms with van der Waals surface area (Å²) in [6, 6.07) is 2.73. The van der Waals surface area contributed by atoms with Crippen LogP contribution in [0.2, 0.25) is 0 Å². The van der Waals surface area contributed by atoms with Gasteiger partial charge in [-0.3, -0.25) is 14.4 Å². The molecule has 0 aromatic carbocycles. The summed E-state index contributed by atoms with van der Waals surface area (Å²) >= 11 is 1.33. The molecule has 3 amide bonds. The molecule has 0 bridgehead atoms. The molecular formula is C15H21N3O3S. The number of nitrogens with two attached hydrogens (primary N) is 1. The molecule has 0 radical (unpaired) electrons. The maximum absolute atomic E-state index is 12.6. The molecule has 1 saturated heterocycles. The van der Waals surface area contributed by atoms with Crippen LogP contribution in [0, 0.1) is 0 Å². The minimum atomic E-state index is -0.622. The fourth-order valence-corrected chi connectivity index (χ4v) is 3.35. The number of hydrogen-bond donors (Lipinski definition) is 2. The van der Waals surface area contributed by atoms with Gasteiger partial charge in [-0.05, 0) is 37.6 Å². The maximum Gasteiger partial charge on any atom is 0.261 e. The monoisotopic (exact) mass is 323 g/mol. The zero-order valence-corrected chi connectivity index (χ0v) is 13.4.